The van der Waals surface area contributed by atoms with Crippen LogP contribution in [0.25, 0.3) is 0 Å². The van der Waals surface area contributed by atoms with Gasteiger partial charge in [0.05, 0.1) is 25.9 Å². The fraction of sp³-hybridized carbons (Fsp3) is 0.421. The summed E-state index contributed by atoms with van der Waals surface area (Å²) in [4.78, 5) is 12.1. The number of aromatic amines is 1. The van der Waals surface area contributed by atoms with Crippen molar-refractivity contribution in [1.82, 2.24) is 9.97 Å². The van der Waals surface area contributed by atoms with Gasteiger partial charge in [0.15, 0.2) is 11.0 Å². The Kier molecular flexibility index (Phi) is 7.51. The Labute approximate surface area is 168 Å². The van der Waals surface area contributed by atoms with Crippen molar-refractivity contribution in [3.8, 4) is 0 Å². The molecule has 0 radical (unpaired) electrons. The number of nitrogens with zero attached hydrogens (tertiary/aromatic N) is 2. The molecular weight excluding hydrogens is 380 g/mol. The molecule has 1 saturated heterocycles. The predicted octanol–water partition coefficient (Wildman–Crippen LogP) is 3.91. The van der Waals surface area contributed by atoms with Crippen LogP contribution in [0.1, 0.15) is 29.4 Å². The van der Waals surface area contributed by atoms with E-state index in [1.165, 1.54) is 29.1 Å². The Bertz CT molecular complexity index is 779. The van der Waals surface area contributed by atoms with E-state index >= 15 is 0 Å². The summed E-state index contributed by atoms with van der Waals surface area (Å²) in [6, 6.07) is 10.2. The minimum Gasteiger partial charge on any atom is -0.375 e. The molecule has 1 unspecified atom stereocenters. The molecule has 0 amide bonds. The lowest BCUT2D eigenvalue weighted by Gasteiger charge is -2.10. The molecule has 8 heteroatoms. The normalized spacial score (nSPS) is 20.1. The number of imidazole rings is 1. The van der Waals surface area contributed by atoms with Crippen LogP contribution in [0.2, 0.25) is 0 Å². The van der Waals surface area contributed by atoms with E-state index in [1.807, 2.05) is 36.9 Å². The van der Waals surface area contributed by atoms with E-state index < -0.39 is 0 Å². The molecule has 3 rings (SSSR count). The van der Waals surface area contributed by atoms with Crippen molar-refractivity contribution < 1.29 is 9.47 Å². The van der Waals surface area contributed by atoms with Crippen molar-refractivity contribution in [2.75, 3.05) is 25.7 Å². The molecule has 144 valence electrons. The standard InChI is InChI=1S/C19H24N4O2S2/c1-26-18(23-19(20)27-2)17-21-9-16(22-17)14-8-15(25-11-14)12-24-10-13-6-4-3-5-7-13/h3-7,9,14-15,20H,8,10-12H2,1-2H3,(H,21,22)/t14?,15-/m0/s1. The van der Waals surface area contributed by atoms with Crippen LogP contribution in [-0.4, -0.2) is 52.0 Å². The van der Waals surface area contributed by atoms with E-state index in [2.05, 4.69) is 27.1 Å². The predicted molar refractivity (Wildman–Crippen MR) is 113 cm³/mol. The van der Waals surface area contributed by atoms with Crippen LogP contribution in [-0.2, 0) is 16.1 Å². The van der Waals surface area contributed by atoms with Crippen LogP contribution < -0.4 is 0 Å². The molecular formula is C19H24N4O2S2. The molecule has 27 heavy (non-hydrogen) atoms. The summed E-state index contributed by atoms with van der Waals surface area (Å²) in [5, 5.41) is 8.73. The van der Waals surface area contributed by atoms with Crippen LogP contribution >= 0.6 is 23.5 Å². The highest BCUT2D eigenvalue weighted by molar-refractivity contribution is 8.15. The second-order valence-corrected chi connectivity index (χ2v) is 7.80. The van der Waals surface area contributed by atoms with E-state index in [0.29, 0.717) is 25.6 Å². The highest BCUT2D eigenvalue weighted by Crippen LogP contribution is 2.29. The summed E-state index contributed by atoms with van der Waals surface area (Å²) in [6.45, 7) is 1.86. The van der Waals surface area contributed by atoms with Gasteiger partial charge in [0.1, 0.15) is 5.04 Å². The third-order valence-electron chi connectivity index (χ3n) is 4.32. The molecule has 2 atom stereocenters. The molecule has 1 aliphatic rings. The Morgan fingerprint density at radius 1 is 1.33 bits per heavy atom. The number of aromatic nitrogens is 2. The topological polar surface area (TPSA) is 83.3 Å². The number of nitrogens with one attached hydrogen (secondary N) is 2. The lowest BCUT2D eigenvalue weighted by Crippen LogP contribution is -2.14. The monoisotopic (exact) mass is 404 g/mol. The molecule has 2 heterocycles. The fourth-order valence-electron chi connectivity index (χ4n) is 2.91. The number of benzene rings is 1. The average molecular weight is 405 g/mol. The van der Waals surface area contributed by atoms with Crippen molar-refractivity contribution in [2.24, 2.45) is 4.99 Å². The van der Waals surface area contributed by atoms with Gasteiger partial charge in [0.2, 0.25) is 0 Å². The van der Waals surface area contributed by atoms with Crippen LogP contribution in [0.3, 0.4) is 0 Å². The summed E-state index contributed by atoms with van der Waals surface area (Å²) in [5.41, 5.74) is 2.22. The highest BCUT2D eigenvalue weighted by Gasteiger charge is 2.28. The molecule has 6 nitrogen and oxygen atoms in total. The Balaban J connectivity index is 1.52. The summed E-state index contributed by atoms with van der Waals surface area (Å²) < 4.78 is 11.7. The number of amidine groups is 1. The number of H-pyrrole nitrogens is 1. The van der Waals surface area contributed by atoms with Crippen molar-refractivity contribution in [1.29, 1.82) is 5.41 Å². The SMILES string of the molecule is CSC(=N)N=C(SC)c1ncc(C2CO[C@H](COCc3ccccc3)C2)[nH]1. The summed E-state index contributed by atoms with van der Waals surface area (Å²) >= 11 is 2.79. The molecule has 1 aromatic carbocycles. The molecule has 1 fully saturated rings. The second kappa shape index (κ2) is 10.1. The molecule has 0 bridgehead atoms. The fourth-order valence-corrected chi connectivity index (χ4v) is 3.63. The first kappa shape index (κ1) is 20.1. The summed E-state index contributed by atoms with van der Waals surface area (Å²) in [6.07, 6.45) is 6.64. The second-order valence-electron chi connectivity index (χ2n) is 6.21. The van der Waals surface area contributed by atoms with E-state index in [-0.39, 0.29) is 17.2 Å². The quantitative estimate of drug-likeness (QED) is 0.563. The number of hydrogen-bond acceptors (Lipinski definition) is 6. The lowest BCUT2D eigenvalue weighted by atomic mass is 10.0. The first-order chi connectivity index (χ1) is 13.2. The Hall–Kier alpha value is -1.61. The van der Waals surface area contributed by atoms with E-state index in [4.69, 9.17) is 14.9 Å². The molecule has 0 aliphatic carbocycles. The van der Waals surface area contributed by atoms with E-state index in [9.17, 15) is 0 Å². The molecule has 2 N–H and O–H groups in total. The number of ether oxygens (including phenoxy) is 2. The molecule has 1 aliphatic heterocycles. The van der Waals surface area contributed by atoms with Gasteiger partial charge in [-0.15, -0.1) is 11.8 Å². The maximum Gasteiger partial charge on any atom is 0.180 e. The zero-order valence-electron chi connectivity index (χ0n) is 15.5. The summed E-state index contributed by atoms with van der Waals surface area (Å²) in [7, 11) is 0. The minimum absolute atomic E-state index is 0.101. The number of hydrogen-bond donors (Lipinski definition) is 2. The van der Waals surface area contributed by atoms with Gasteiger partial charge in [-0.2, -0.15) is 0 Å². The number of rotatable bonds is 6. The number of aliphatic imine (C=N–C) groups is 1. The first-order valence-electron chi connectivity index (χ1n) is 8.73. The smallest absolute Gasteiger partial charge is 0.180 e. The molecule has 2 aromatic rings. The third kappa shape index (κ3) is 5.68. The maximum absolute atomic E-state index is 7.73. The van der Waals surface area contributed by atoms with Crippen LogP contribution in [0.4, 0.5) is 0 Å². The Morgan fingerprint density at radius 3 is 2.89 bits per heavy atom. The van der Waals surface area contributed by atoms with Crippen LogP contribution in [0.5, 0.6) is 0 Å². The highest BCUT2D eigenvalue weighted by atomic mass is 32.2. The minimum atomic E-state index is 0.101. The summed E-state index contributed by atoms with van der Waals surface area (Å²) in [5.74, 6) is 0.986. The van der Waals surface area contributed by atoms with Gasteiger partial charge in [-0.05, 0) is 24.5 Å². The first-order valence-corrected chi connectivity index (χ1v) is 11.2. The van der Waals surface area contributed by atoms with Crippen molar-refractivity contribution in [3.63, 3.8) is 0 Å². The Morgan fingerprint density at radius 2 is 2.15 bits per heavy atom. The zero-order chi connectivity index (χ0) is 19.1. The van der Waals surface area contributed by atoms with Crippen molar-refractivity contribution in [3.05, 3.63) is 53.6 Å². The largest absolute Gasteiger partial charge is 0.375 e. The van der Waals surface area contributed by atoms with Crippen LogP contribution in [0, 0.1) is 5.41 Å². The van der Waals surface area contributed by atoms with Gasteiger partial charge in [-0.1, -0.05) is 42.1 Å². The van der Waals surface area contributed by atoms with E-state index in [0.717, 1.165) is 17.2 Å². The van der Waals surface area contributed by atoms with Gasteiger partial charge in [0.25, 0.3) is 0 Å². The molecule has 0 spiro atoms. The number of thioether (sulfide) groups is 2. The van der Waals surface area contributed by atoms with Crippen molar-refractivity contribution in [2.45, 2.75) is 25.0 Å². The van der Waals surface area contributed by atoms with Gasteiger partial charge in [-0.25, -0.2) is 9.98 Å². The van der Waals surface area contributed by atoms with Gasteiger partial charge in [-0.3, -0.25) is 5.41 Å². The van der Waals surface area contributed by atoms with Gasteiger partial charge in [0, 0.05) is 17.8 Å². The maximum atomic E-state index is 7.73. The van der Waals surface area contributed by atoms with Gasteiger partial charge >= 0.3 is 0 Å². The third-order valence-corrected chi connectivity index (χ3v) is 5.47. The molecule has 1 aromatic heterocycles. The zero-order valence-corrected chi connectivity index (χ0v) is 17.1. The van der Waals surface area contributed by atoms with Crippen molar-refractivity contribution >= 4 is 33.7 Å². The lowest BCUT2D eigenvalue weighted by molar-refractivity contribution is 0.0103. The van der Waals surface area contributed by atoms with E-state index in [1.54, 1.807) is 0 Å². The molecule has 0 saturated carbocycles. The van der Waals surface area contributed by atoms with Crippen LogP contribution in [0.15, 0.2) is 41.5 Å². The average Bonchev–Trinajstić information content (AvgIpc) is 3.36. The van der Waals surface area contributed by atoms with Gasteiger partial charge < -0.3 is 14.5 Å².